The number of hydrogen-bond donors (Lipinski definition) is 1. The maximum Gasteiger partial charge on any atom is 0.164 e. The molecular formula is C43H52IrNO3-. The van der Waals surface area contributed by atoms with Crippen molar-refractivity contribution in [2.45, 2.75) is 94.9 Å². The van der Waals surface area contributed by atoms with Crippen LogP contribution in [0.15, 0.2) is 89.2 Å². The number of benzene rings is 3. The Kier molecular flexibility index (Phi) is 11.8. The molecule has 0 saturated heterocycles. The predicted molar refractivity (Wildman–Crippen MR) is 198 cm³/mol. The Bertz CT molecular complexity index is 1920. The van der Waals surface area contributed by atoms with Gasteiger partial charge in [0, 0.05) is 59.9 Å². The van der Waals surface area contributed by atoms with Gasteiger partial charge in [0.05, 0.1) is 0 Å². The Labute approximate surface area is 301 Å². The van der Waals surface area contributed by atoms with Crippen LogP contribution in [0, 0.1) is 22.3 Å². The molecule has 0 aliphatic rings. The van der Waals surface area contributed by atoms with Gasteiger partial charge in [0.1, 0.15) is 17.1 Å². The number of rotatable bonds is 4. The van der Waals surface area contributed by atoms with E-state index in [9.17, 15) is 9.90 Å². The average molecular weight is 823 g/mol. The van der Waals surface area contributed by atoms with Crippen molar-refractivity contribution in [3.8, 4) is 22.6 Å². The molecular weight excluding hydrogens is 771 g/mol. The Morgan fingerprint density at radius 1 is 0.812 bits per heavy atom. The predicted octanol–water partition coefficient (Wildman–Crippen LogP) is 12.1. The van der Waals surface area contributed by atoms with Gasteiger partial charge in [-0.2, -0.15) is 0 Å². The molecule has 257 valence electrons. The third-order valence-electron chi connectivity index (χ3n) is 8.05. The molecule has 1 radical (unpaired) electrons. The van der Waals surface area contributed by atoms with Gasteiger partial charge in [-0.1, -0.05) is 130 Å². The third-order valence-corrected chi connectivity index (χ3v) is 8.05. The molecule has 3 aromatic carbocycles. The maximum atomic E-state index is 11.5. The van der Waals surface area contributed by atoms with E-state index in [1.165, 1.54) is 28.0 Å². The van der Waals surface area contributed by atoms with E-state index >= 15 is 0 Å². The van der Waals surface area contributed by atoms with Gasteiger partial charge in [-0.15, -0.1) is 29.1 Å². The summed E-state index contributed by atoms with van der Waals surface area (Å²) >= 11 is 0. The summed E-state index contributed by atoms with van der Waals surface area (Å²) in [6.45, 7) is 24.7. The Hall–Kier alpha value is -3.53. The van der Waals surface area contributed by atoms with E-state index in [0.29, 0.717) is 0 Å². The SMILES string of the molecule is CC(C)(C)C(=O)/C=C(\O)C(C)(C)C.CC(C)(C)Cc1cccc2oc(-c3ccnc(-c4[c-]c5ccccc5c(C(C)(C)C)c4)c3)cc12.[Ir]. The normalized spacial score (nSPS) is 12.8. The number of pyridine rings is 1. The number of furan rings is 1. The number of fused-ring (bicyclic) bond motifs is 2. The van der Waals surface area contributed by atoms with Crippen molar-refractivity contribution in [1.29, 1.82) is 0 Å². The topological polar surface area (TPSA) is 63.3 Å². The van der Waals surface area contributed by atoms with Crippen molar-refractivity contribution >= 4 is 27.5 Å². The quantitative estimate of drug-likeness (QED) is 0.111. The maximum absolute atomic E-state index is 11.5. The van der Waals surface area contributed by atoms with Crippen LogP contribution in [0.4, 0.5) is 0 Å². The summed E-state index contributed by atoms with van der Waals surface area (Å²) in [4.78, 5) is 16.2. The van der Waals surface area contributed by atoms with E-state index in [-0.39, 0.29) is 47.9 Å². The number of carbonyl (C=O) groups is 1. The Morgan fingerprint density at radius 2 is 1.48 bits per heavy atom. The van der Waals surface area contributed by atoms with Gasteiger partial charge in [-0.3, -0.25) is 9.78 Å². The van der Waals surface area contributed by atoms with Crippen LogP contribution >= 0.6 is 0 Å². The standard InChI is InChI=1S/C32H32NO.C11H20O2.Ir/c1-31(2,3)20-23-11-9-13-29-26(23)19-30(34-29)22-14-15-33-28(18-22)24-16-21-10-7-8-12-25(21)27(17-24)32(4,5)6;1-10(2,3)8(12)7-9(13)11(4,5)6;/h7-15,17-19H,20H2,1-6H3;7,12H,1-6H3;/q-1;;/b;8-7-;. The zero-order valence-electron chi connectivity index (χ0n) is 30.8. The van der Waals surface area contributed by atoms with Crippen LogP contribution in [0.25, 0.3) is 44.3 Å². The number of allylic oxidation sites excluding steroid dienone is 2. The van der Waals surface area contributed by atoms with E-state index in [2.05, 4.69) is 108 Å². The number of carbonyl (C=O) groups excluding carboxylic acids is 1. The number of hydrogen-bond acceptors (Lipinski definition) is 4. The minimum atomic E-state index is -0.417. The van der Waals surface area contributed by atoms with Gasteiger partial charge in [0.2, 0.25) is 0 Å². The van der Waals surface area contributed by atoms with Gasteiger partial charge < -0.3 is 9.52 Å². The molecule has 2 aromatic heterocycles. The number of nitrogens with zero attached hydrogens (tertiary/aromatic N) is 1. The van der Waals surface area contributed by atoms with Gasteiger partial charge in [-0.25, -0.2) is 0 Å². The van der Waals surface area contributed by atoms with Crippen LogP contribution in [-0.4, -0.2) is 15.9 Å². The summed E-state index contributed by atoms with van der Waals surface area (Å²) < 4.78 is 6.31. The monoisotopic (exact) mass is 823 g/mol. The summed E-state index contributed by atoms with van der Waals surface area (Å²) in [7, 11) is 0. The summed E-state index contributed by atoms with van der Waals surface area (Å²) in [5.74, 6) is 0.976. The van der Waals surface area contributed by atoms with Crippen LogP contribution in [0.2, 0.25) is 0 Å². The van der Waals surface area contributed by atoms with Crippen molar-refractivity contribution in [3.63, 3.8) is 0 Å². The van der Waals surface area contributed by atoms with E-state index in [0.717, 1.165) is 40.0 Å². The molecule has 5 aromatic rings. The molecule has 0 unspecified atom stereocenters. The number of aromatic nitrogens is 1. The molecule has 0 saturated carbocycles. The van der Waals surface area contributed by atoms with Gasteiger partial charge >= 0.3 is 0 Å². The zero-order valence-corrected chi connectivity index (χ0v) is 33.2. The first kappa shape index (κ1) is 38.9. The summed E-state index contributed by atoms with van der Waals surface area (Å²) in [6.07, 6.45) is 4.21. The first-order valence-corrected chi connectivity index (χ1v) is 16.5. The first-order chi connectivity index (χ1) is 21.6. The second-order valence-corrected chi connectivity index (χ2v) is 16.9. The molecule has 4 nitrogen and oxygen atoms in total. The molecule has 0 amide bonds. The molecule has 5 rings (SSSR count). The Balaban J connectivity index is 0.000000382. The fourth-order valence-corrected chi connectivity index (χ4v) is 5.27. The molecule has 0 aliphatic heterocycles. The summed E-state index contributed by atoms with van der Waals surface area (Å²) in [5.41, 5.74) is 5.98. The van der Waals surface area contributed by atoms with Gasteiger partial charge in [-0.05, 0) is 41.0 Å². The van der Waals surface area contributed by atoms with Crippen molar-refractivity contribution < 1.29 is 34.4 Å². The fraction of sp³-hybridized carbons (Fsp3) is 0.395. The minimum absolute atomic E-state index is 0. The molecule has 0 fully saturated rings. The zero-order chi connectivity index (χ0) is 34.9. The van der Waals surface area contributed by atoms with Crippen LogP contribution in [0.1, 0.15) is 94.2 Å². The van der Waals surface area contributed by atoms with Crippen molar-refractivity contribution in [1.82, 2.24) is 4.98 Å². The van der Waals surface area contributed by atoms with Gasteiger partial charge in [0.25, 0.3) is 0 Å². The van der Waals surface area contributed by atoms with E-state index in [4.69, 9.17) is 9.40 Å². The van der Waals surface area contributed by atoms with E-state index in [1.807, 2.05) is 53.8 Å². The molecule has 5 heteroatoms. The molecule has 0 bridgehead atoms. The number of aliphatic hydroxyl groups excluding tert-OH is 1. The van der Waals surface area contributed by atoms with Crippen molar-refractivity contribution in [3.05, 3.63) is 102 Å². The second kappa shape index (κ2) is 14.5. The van der Waals surface area contributed by atoms with Crippen molar-refractivity contribution in [2.24, 2.45) is 16.2 Å². The van der Waals surface area contributed by atoms with E-state index < -0.39 is 5.41 Å². The van der Waals surface area contributed by atoms with Crippen LogP contribution in [-0.2, 0) is 36.7 Å². The minimum Gasteiger partial charge on any atom is -0.512 e. The number of ketones is 1. The van der Waals surface area contributed by atoms with Crippen LogP contribution in [0.3, 0.4) is 0 Å². The molecule has 1 N–H and O–H groups in total. The average Bonchev–Trinajstić information content (AvgIpc) is 3.40. The summed E-state index contributed by atoms with van der Waals surface area (Å²) in [6, 6.07) is 27.0. The van der Waals surface area contributed by atoms with Crippen LogP contribution in [0.5, 0.6) is 0 Å². The molecule has 2 heterocycles. The van der Waals surface area contributed by atoms with Crippen LogP contribution < -0.4 is 0 Å². The molecule has 0 aliphatic carbocycles. The third kappa shape index (κ3) is 9.77. The van der Waals surface area contributed by atoms with Crippen molar-refractivity contribution in [2.75, 3.05) is 0 Å². The second-order valence-electron chi connectivity index (χ2n) is 16.9. The number of aliphatic hydroxyl groups is 1. The molecule has 48 heavy (non-hydrogen) atoms. The van der Waals surface area contributed by atoms with Gasteiger partial charge in [0.15, 0.2) is 5.78 Å². The smallest absolute Gasteiger partial charge is 0.164 e. The largest absolute Gasteiger partial charge is 0.512 e. The molecule has 0 spiro atoms. The molecule has 0 atom stereocenters. The van der Waals surface area contributed by atoms with E-state index in [1.54, 1.807) is 0 Å². The summed E-state index contributed by atoms with van der Waals surface area (Å²) in [5, 5.41) is 13.1. The fourth-order valence-electron chi connectivity index (χ4n) is 5.27. The Morgan fingerprint density at radius 3 is 2.08 bits per heavy atom. The first-order valence-electron chi connectivity index (χ1n) is 16.5.